The number of sulfone groups is 1. The summed E-state index contributed by atoms with van der Waals surface area (Å²) in [4.78, 5) is 18.6. The second-order valence-electron chi connectivity index (χ2n) is 5.30. The SMILES string of the molecule is O=c1cc(NCC2CCCS2(=O)=O)nc(C2CC2)[nH]1. The Hall–Kier alpha value is -1.37. The van der Waals surface area contributed by atoms with Gasteiger partial charge in [-0.2, -0.15) is 0 Å². The topological polar surface area (TPSA) is 91.9 Å². The van der Waals surface area contributed by atoms with Crippen LogP contribution in [0.2, 0.25) is 0 Å². The maximum atomic E-state index is 11.7. The van der Waals surface area contributed by atoms with Gasteiger partial charge in [0.25, 0.3) is 5.56 Å². The van der Waals surface area contributed by atoms with Gasteiger partial charge in [0, 0.05) is 18.5 Å². The molecule has 19 heavy (non-hydrogen) atoms. The molecule has 6 nitrogen and oxygen atoms in total. The molecule has 2 aliphatic rings. The van der Waals surface area contributed by atoms with Crippen molar-refractivity contribution in [3.05, 3.63) is 22.2 Å². The van der Waals surface area contributed by atoms with E-state index in [0.717, 1.165) is 19.3 Å². The molecule has 7 heteroatoms. The molecule has 1 atom stereocenters. The van der Waals surface area contributed by atoms with Crippen molar-refractivity contribution in [3.63, 3.8) is 0 Å². The van der Waals surface area contributed by atoms with E-state index in [4.69, 9.17) is 0 Å². The second-order valence-corrected chi connectivity index (χ2v) is 7.70. The standard InChI is InChI=1S/C12H17N3O3S/c16-11-6-10(14-12(15-11)8-3-4-8)13-7-9-2-1-5-19(9,17)18/h6,8-9H,1-5,7H2,(H2,13,14,15,16). The molecule has 1 aromatic heterocycles. The van der Waals surface area contributed by atoms with Crippen LogP contribution >= 0.6 is 0 Å². The van der Waals surface area contributed by atoms with Gasteiger partial charge in [0.2, 0.25) is 0 Å². The highest BCUT2D eigenvalue weighted by Gasteiger charge is 2.31. The first-order chi connectivity index (χ1) is 9.04. The van der Waals surface area contributed by atoms with Crippen LogP contribution < -0.4 is 10.9 Å². The first kappa shape index (κ1) is 12.7. The van der Waals surface area contributed by atoms with E-state index in [9.17, 15) is 13.2 Å². The molecule has 1 unspecified atom stereocenters. The van der Waals surface area contributed by atoms with Crippen molar-refractivity contribution >= 4 is 15.7 Å². The van der Waals surface area contributed by atoms with Crippen molar-refractivity contribution in [3.8, 4) is 0 Å². The summed E-state index contributed by atoms with van der Waals surface area (Å²) < 4.78 is 23.4. The zero-order valence-electron chi connectivity index (χ0n) is 10.6. The number of hydrogen-bond acceptors (Lipinski definition) is 5. The van der Waals surface area contributed by atoms with Crippen LogP contribution in [-0.4, -0.2) is 35.9 Å². The molecule has 1 aliphatic carbocycles. The summed E-state index contributed by atoms with van der Waals surface area (Å²) in [6, 6.07) is 1.38. The van der Waals surface area contributed by atoms with Gasteiger partial charge in [-0.15, -0.1) is 0 Å². The number of hydrogen-bond donors (Lipinski definition) is 2. The van der Waals surface area contributed by atoms with Gasteiger partial charge in [-0.1, -0.05) is 0 Å². The van der Waals surface area contributed by atoms with Gasteiger partial charge in [0.1, 0.15) is 11.6 Å². The number of nitrogens with zero attached hydrogens (tertiary/aromatic N) is 1. The zero-order valence-corrected chi connectivity index (χ0v) is 11.4. The summed E-state index contributed by atoms with van der Waals surface area (Å²) in [5.74, 6) is 1.83. The fourth-order valence-corrected chi connectivity index (χ4v) is 4.19. The van der Waals surface area contributed by atoms with Crippen molar-refractivity contribution in [2.24, 2.45) is 0 Å². The molecule has 0 radical (unpaired) electrons. The van der Waals surface area contributed by atoms with Gasteiger partial charge in [0.05, 0.1) is 11.0 Å². The number of aromatic amines is 1. The largest absolute Gasteiger partial charge is 0.369 e. The minimum Gasteiger partial charge on any atom is -0.369 e. The zero-order chi connectivity index (χ0) is 13.5. The summed E-state index contributed by atoms with van der Waals surface area (Å²) in [5, 5.41) is 2.65. The van der Waals surface area contributed by atoms with E-state index in [1.165, 1.54) is 6.07 Å². The monoisotopic (exact) mass is 283 g/mol. The Balaban J connectivity index is 1.71. The highest BCUT2D eigenvalue weighted by molar-refractivity contribution is 7.92. The van der Waals surface area contributed by atoms with E-state index in [-0.39, 0.29) is 16.6 Å². The van der Waals surface area contributed by atoms with Gasteiger partial charge >= 0.3 is 0 Å². The number of nitrogens with one attached hydrogen (secondary N) is 2. The molecule has 0 bridgehead atoms. The van der Waals surface area contributed by atoms with Crippen molar-refractivity contribution < 1.29 is 8.42 Å². The molecule has 104 valence electrons. The molecule has 2 fully saturated rings. The molecule has 1 saturated heterocycles. The minimum atomic E-state index is -2.96. The third kappa shape index (κ3) is 2.80. The van der Waals surface area contributed by atoms with E-state index in [1.54, 1.807) is 0 Å². The smallest absolute Gasteiger partial charge is 0.252 e. The quantitative estimate of drug-likeness (QED) is 0.846. The van der Waals surface area contributed by atoms with Crippen molar-refractivity contribution in [2.45, 2.75) is 36.9 Å². The Morgan fingerprint density at radius 3 is 2.79 bits per heavy atom. The molecule has 3 rings (SSSR count). The first-order valence-corrected chi connectivity index (χ1v) is 8.33. The molecule has 1 aromatic rings. The second kappa shape index (κ2) is 4.63. The van der Waals surface area contributed by atoms with Gasteiger partial charge in [-0.3, -0.25) is 4.79 Å². The summed E-state index contributed by atoms with van der Waals surface area (Å²) in [7, 11) is -2.96. The molecule has 0 spiro atoms. The van der Waals surface area contributed by atoms with Crippen LogP contribution in [0.1, 0.15) is 37.4 Å². The summed E-state index contributed by atoms with van der Waals surface area (Å²) in [6.07, 6.45) is 3.53. The molecule has 0 amide bonds. The number of rotatable bonds is 4. The number of anilines is 1. The first-order valence-electron chi connectivity index (χ1n) is 6.61. The number of aromatic nitrogens is 2. The average Bonchev–Trinajstić information content (AvgIpc) is 3.12. The highest BCUT2D eigenvalue weighted by atomic mass is 32.2. The van der Waals surface area contributed by atoms with E-state index in [2.05, 4.69) is 15.3 Å². The third-order valence-electron chi connectivity index (χ3n) is 3.70. The lowest BCUT2D eigenvalue weighted by Crippen LogP contribution is -2.26. The van der Waals surface area contributed by atoms with Crippen LogP contribution in [0, 0.1) is 0 Å². The summed E-state index contributed by atoms with van der Waals surface area (Å²) in [6.45, 7) is 0.336. The van der Waals surface area contributed by atoms with Crippen molar-refractivity contribution in [1.82, 2.24) is 9.97 Å². The number of H-pyrrole nitrogens is 1. The van der Waals surface area contributed by atoms with E-state index in [1.807, 2.05) is 0 Å². The van der Waals surface area contributed by atoms with Gasteiger partial charge in [0.15, 0.2) is 9.84 Å². The van der Waals surface area contributed by atoms with Crippen LogP contribution in [0.5, 0.6) is 0 Å². The molecule has 2 heterocycles. The van der Waals surface area contributed by atoms with Gasteiger partial charge < -0.3 is 10.3 Å². The lowest BCUT2D eigenvalue weighted by Gasteiger charge is -2.11. The Morgan fingerprint density at radius 2 is 2.16 bits per heavy atom. The minimum absolute atomic E-state index is 0.186. The molecular weight excluding hydrogens is 266 g/mol. The fraction of sp³-hybridized carbons (Fsp3) is 0.667. The van der Waals surface area contributed by atoms with Crippen LogP contribution in [0.25, 0.3) is 0 Å². The van der Waals surface area contributed by atoms with Crippen LogP contribution in [0.3, 0.4) is 0 Å². The van der Waals surface area contributed by atoms with Crippen LogP contribution in [-0.2, 0) is 9.84 Å². The Bertz CT molecular complexity index is 634. The molecule has 0 aromatic carbocycles. The average molecular weight is 283 g/mol. The molecule has 1 saturated carbocycles. The summed E-state index contributed by atoms with van der Waals surface area (Å²) in [5.41, 5.74) is -0.186. The third-order valence-corrected chi connectivity index (χ3v) is 5.97. The molecule has 1 aliphatic heterocycles. The van der Waals surface area contributed by atoms with E-state index >= 15 is 0 Å². The lowest BCUT2D eigenvalue weighted by molar-refractivity contribution is 0.591. The summed E-state index contributed by atoms with van der Waals surface area (Å²) >= 11 is 0. The van der Waals surface area contributed by atoms with Crippen LogP contribution in [0.15, 0.2) is 10.9 Å². The predicted molar refractivity (Wildman–Crippen MR) is 72.1 cm³/mol. The molecular formula is C12H17N3O3S. The highest BCUT2D eigenvalue weighted by Crippen LogP contribution is 2.37. The predicted octanol–water partition coefficient (Wildman–Crippen LogP) is 0.636. The Morgan fingerprint density at radius 1 is 1.37 bits per heavy atom. The van der Waals surface area contributed by atoms with Crippen molar-refractivity contribution in [2.75, 3.05) is 17.6 Å². The maximum Gasteiger partial charge on any atom is 0.252 e. The van der Waals surface area contributed by atoms with E-state index in [0.29, 0.717) is 30.5 Å². The van der Waals surface area contributed by atoms with Crippen LogP contribution in [0.4, 0.5) is 5.82 Å². The molecule has 2 N–H and O–H groups in total. The van der Waals surface area contributed by atoms with Gasteiger partial charge in [-0.05, 0) is 25.7 Å². The normalized spacial score (nSPS) is 25.4. The Kier molecular flexibility index (Phi) is 3.08. The maximum absolute atomic E-state index is 11.7. The van der Waals surface area contributed by atoms with Crippen molar-refractivity contribution in [1.29, 1.82) is 0 Å². The van der Waals surface area contributed by atoms with E-state index < -0.39 is 9.84 Å². The Labute approximate surface area is 111 Å². The fourth-order valence-electron chi connectivity index (χ4n) is 2.42. The lowest BCUT2D eigenvalue weighted by atomic mass is 10.2. The van der Waals surface area contributed by atoms with Gasteiger partial charge in [-0.25, -0.2) is 13.4 Å².